The predicted octanol–water partition coefficient (Wildman–Crippen LogP) is 2.56. The average molecular weight is 586 g/mol. The minimum absolute atomic E-state index is 0.0163. The number of rotatable bonds is 9. The summed E-state index contributed by atoms with van der Waals surface area (Å²) in [6.45, 7) is 11.1. The van der Waals surface area contributed by atoms with E-state index in [9.17, 15) is 19.5 Å². The van der Waals surface area contributed by atoms with Crippen LogP contribution in [-0.2, 0) is 19.1 Å². The van der Waals surface area contributed by atoms with Gasteiger partial charge in [-0.15, -0.1) is 11.3 Å². The molecule has 2 aromatic rings. The van der Waals surface area contributed by atoms with Gasteiger partial charge in [-0.05, 0) is 56.3 Å². The van der Waals surface area contributed by atoms with Gasteiger partial charge < -0.3 is 30.7 Å². The molecule has 0 spiro atoms. The lowest BCUT2D eigenvalue weighted by molar-refractivity contribution is -0.145. The van der Waals surface area contributed by atoms with Crippen LogP contribution in [0.4, 0.5) is 0 Å². The van der Waals surface area contributed by atoms with E-state index >= 15 is 0 Å². The summed E-state index contributed by atoms with van der Waals surface area (Å²) >= 11 is 1.59. The Hall–Kier alpha value is -2.86. The number of ether oxygens (including phenoxy) is 1. The minimum atomic E-state index is -0.882. The highest BCUT2D eigenvalue weighted by Gasteiger charge is 2.44. The summed E-state index contributed by atoms with van der Waals surface area (Å²) in [4.78, 5) is 46.9. The summed E-state index contributed by atoms with van der Waals surface area (Å²) in [6.07, 6.45) is 1.00. The summed E-state index contributed by atoms with van der Waals surface area (Å²) in [5.74, 6) is -1.09. The molecule has 1 aromatic carbocycles. The van der Waals surface area contributed by atoms with Gasteiger partial charge in [0.05, 0.1) is 34.3 Å². The van der Waals surface area contributed by atoms with Crippen LogP contribution in [0.15, 0.2) is 29.8 Å². The molecule has 4 atom stereocenters. The van der Waals surface area contributed by atoms with Crippen molar-refractivity contribution in [1.29, 1.82) is 0 Å². The Morgan fingerprint density at radius 2 is 1.85 bits per heavy atom. The fourth-order valence-corrected chi connectivity index (χ4v) is 6.19. The Balaban J connectivity index is 1.39. The number of carbonyl (C=O) groups excluding carboxylic acids is 3. The maximum atomic E-state index is 13.8. The zero-order valence-electron chi connectivity index (χ0n) is 24.6. The van der Waals surface area contributed by atoms with Crippen molar-refractivity contribution in [1.82, 2.24) is 25.8 Å². The van der Waals surface area contributed by atoms with Gasteiger partial charge in [-0.3, -0.25) is 14.4 Å². The Labute approximate surface area is 246 Å². The summed E-state index contributed by atoms with van der Waals surface area (Å²) in [5.41, 5.74) is 4.17. The van der Waals surface area contributed by atoms with Crippen LogP contribution in [-0.4, -0.2) is 83.2 Å². The van der Waals surface area contributed by atoms with Gasteiger partial charge in [0, 0.05) is 13.0 Å². The van der Waals surface area contributed by atoms with Gasteiger partial charge in [-0.2, -0.15) is 0 Å². The number of piperidine rings is 1. The number of aliphatic hydroxyl groups excluding tert-OH is 1. The molecule has 2 aliphatic rings. The lowest BCUT2D eigenvalue weighted by atomic mass is 9.85. The third kappa shape index (κ3) is 7.91. The van der Waals surface area contributed by atoms with Crippen LogP contribution in [0.5, 0.6) is 0 Å². The van der Waals surface area contributed by atoms with Gasteiger partial charge >= 0.3 is 0 Å². The Kier molecular flexibility index (Phi) is 10.2. The maximum absolute atomic E-state index is 13.8. The van der Waals surface area contributed by atoms with Gasteiger partial charge in [0.15, 0.2) is 0 Å². The smallest absolute Gasteiger partial charge is 0.246 e. The van der Waals surface area contributed by atoms with Crippen molar-refractivity contribution in [3.05, 3.63) is 41.0 Å². The first-order chi connectivity index (χ1) is 19.4. The molecule has 2 saturated heterocycles. The summed E-state index contributed by atoms with van der Waals surface area (Å²) in [7, 11) is 0. The van der Waals surface area contributed by atoms with E-state index in [1.54, 1.807) is 11.3 Å². The summed E-state index contributed by atoms with van der Waals surface area (Å²) < 4.78 is 5.78. The van der Waals surface area contributed by atoms with E-state index in [0.717, 1.165) is 47.6 Å². The molecule has 0 saturated carbocycles. The topological polar surface area (TPSA) is 133 Å². The number of aliphatic hydroxyl groups is 1. The van der Waals surface area contributed by atoms with Crippen molar-refractivity contribution in [3.8, 4) is 10.4 Å². The molecule has 41 heavy (non-hydrogen) atoms. The van der Waals surface area contributed by atoms with E-state index in [0.29, 0.717) is 0 Å². The number of thiazole rings is 1. The van der Waals surface area contributed by atoms with Crippen LogP contribution in [0.2, 0.25) is 0 Å². The first kappa shape index (κ1) is 31.1. The number of β-amino-alcohol motifs (C(OH)–C–C–N with tert-alkyl or cyclic N) is 1. The quantitative estimate of drug-likeness (QED) is 0.356. The van der Waals surface area contributed by atoms with Crippen LogP contribution < -0.4 is 16.0 Å². The monoisotopic (exact) mass is 585 g/mol. The van der Waals surface area contributed by atoms with Gasteiger partial charge in [-0.25, -0.2) is 4.98 Å². The van der Waals surface area contributed by atoms with Crippen molar-refractivity contribution < 1.29 is 24.2 Å². The van der Waals surface area contributed by atoms with Crippen molar-refractivity contribution in [3.63, 3.8) is 0 Å². The number of benzene rings is 1. The molecule has 0 unspecified atom stereocenters. The van der Waals surface area contributed by atoms with E-state index in [1.165, 1.54) is 4.90 Å². The van der Waals surface area contributed by atoms with Crippen LogP contribution >= 0.6 is 11.3 Å². The van der Waals surface area contributed by atoms with E-state index in [-0.39, 0.29) is 49.4 Å². The first-order valence-corrected chi connectivity index (χ1v) is 15.2. The standard InChI is InChI=1S/C30H43N5O5S/c1-18(20-6-8-21(9-7-20)26-19(2)32-17-41-26)33-28(38)24-14-22(36)15-35(24)29(39)27(30(3,4)5)34-25(37)16-40-23-10-12-31-13-11-23/h6-9,17-18,22-24,27,31,36H,10-16H2,1-5H3,(H,33,38)(H,34,37)/t18-,22+,24-,27+/m0/s1. The van der Waals surface area contributed by atoms with E-state index in [4.69, 9.17) is 4.74 Å². The summed E-state index contributed by atoms with van der Waals surface area (Å²) in [6, 6.07) is 5.95. The number of likely N-dealkylation sites (tertiary alicyclic amines) is 1. The highest BCUT2D eigenvalue weighted by molar-refractivity contribution is 7.13. The number of aryl methyl sites for hydroxylation is 1. The molecule has 224 valence electrons. The molecule has 4 rings (SSSR count). The van der Waals surface area contributed by atoms with Crippen LogP contribution in [0, 0.1) is 12.3 Å². The SMILES string of the molecule is Cc1ncsc1-c1ccc([C@H](C)NC(=O)[C@@H]2C[C@@H](O)CN2C(=O)[C@@H](NC(=O)COC2CCNCC2)C(C)(C)C)cc1. The zero-order valence-corrected chi connectivity index (χ0v) is 25.4. The lowest BCUT2D eigenvalue weighted by Crippen LogP contribution is -2.58. The lowest BCUT2D eigenvalue weighted by Gasteiger charge is -2.35. The number of carbonyl (C=O) groups is 3. The molecule has 0 radical (unpaired) electrons. The molecule has 3 amide bonds. The number of amides is 3. The number of nitrogens with one attached hydrogen (secondary N) is 3. The van der Waals surface area contributed by atoms with Crippen LogP contribution in [0.3, 0.4) is 0 Å². The van der Waals surface area contributed by atoms with Crippen molar-refractivity contribution in [2.75, 3.05) is 26.2 Å². The van der Waals surface area contributed by atoms with E-state index < -0.39 is 23.6 Å². The molecule has 4 N–H and O–H groups in total. The third-order valence-electron chi connectivity index (χ3n) is 7.80. The first-order valence-electron chi connectivity index (χ1n) is 14.3. The van der Waals surface area contributed by atoms with Crippen molar-refractivity contribution in [2.24, 2.45) is 5.41 Å². The molecule has 0 bridgehead atoms. The number of hydrogen-bond donors (Lipinski definition) is 4. The van der Waals surface area contributed by atoms with Gasteiger partial charge in [0.1, 0.15) is 18.7 Å². The van der Waals surface area contributed by atoms with Gasteiger partial charge in [-0.1, -0.05) is 45.0 Å². The van der Waals surface area contributed by atoms with E-state index in [2.05, 4.69) is 20.9 Å². The fraction of sp³-hybridized carbons (Fsp3) is 0.600. The molecule has 0 aliphatic carbocycles. The third-order valence-corrected chi connectivity index (χ3v) is 8.77. The van der Waals surface area contributed by atoms with Crippen molar-refractivity contribution in [2.45, 2.75) is 84.2 Å². The minimum Gasteiger partial charge on any atom is -0.391 e. The normalized spacial score (nSPS) is 21.4. The Bertz CT molecular complexity index is 1200. The second-order valence-corrected chi connectivity index (χ2v) is 13.0. The second kappa shape index (κ2) is 13.4. The summed E-state index contributed by atoms with van der Waals surface area (Å²) in [5, 5.41) is 19.6. The molecule has 2 fully saturated rings. The number of nitrogens with zero attached hydrogens (tertiary/aromatic N) is 2. The number of aromatic nitrogens is 1. The van der Waals surface area contributed by atoms with Crippen molar-refractivity contribution >= 4 is 29.1 Å². The molecule has 3 heterocycles. The second-order valence-electron chi connectivity index (χ2n) is 12.1. The largest absolute Gasteiger partial charge is 0.391 e. The molecule has 11 heteroatoms. The average Bonchev–Trinajstić information content (AvgIpc) is 3.55. The molecular formula is C30H43N5O5S. The molecule has 1 aromatic heterocycles. The Morgan fingerprint density at radius 1 is 1.17 bits per heavy atom. The molecule has 10 nitrogen and oxygen atoms in total. The molecular weight excluding hydrogens is 542 g/mol. The highest BCUT2D eigenvalue weighted by Crippen LogP contribution is 2.29. The number of hydrogen-bond acceptors (Lipinski definition) is 8. The predicted molar refractivity (Wildman–Crippen MR) is 158 cm³/mol. The zero-order chi connectivity index (χ0) is 29.7. The van der Waals surface area contributed by atoms with Gasteiger partial charge in [0.25, 0.3) is 0 Å². The Morgan fingerprint density at radius 3 is 2.46 bits per heavy atom. The maximum Gasteiger partial charge on any atom is 0.246 e. The van der Waals surface area contributed by atoms with Crippen LogP contribution in [0.25, 0.3) is 10.4 Å². The van der Waals surface area contributed by atoms with Crippen LogP contribution in [0.1, 0.15) is 64.3 Å². The highest BCUT2D eigenvalue weighted by atomic mass is 32.1. The van der Waals surface area contributed by atoms with Gasteiger partial charge in [0.2, 0.25) is 17.7 Å². The fourth-order valence-electron chi connectivity index (χ4n) is 5.37. The van der Waals surface area contributed by atoms with E-state index in [1.807, 2.05) is 64.4 Å². The molecule has 2 aliphatic heterocycles.